The van der Waals surface area contributed by atoms with Gasteiger partial charge in [0.25, 0.3) is 0 Å². The fraction of sp³-hybridized carbons (Fsp3) is 0.933. The largest absolute Gasteiger partial charge is 0.481 e. The van der Waals surface area contributed by atoms with Gasteiger partial charge in [-0.3, -0.25) is 9.69 Å². The van der Waals surface area contributed by atoms with E-state index in [2.05, 4.69) is 23.6 Å². The summed E-state index contributed by atoms with van der Waals surface area (Å²) in [4.78, 5) is 16.3. The van der Waals surface area contributed by atoms with Gasteiger partial charge >= 0.3 is 5.97 Å². The van der Waals surface area contributed by atoms with Gasteiger partial charge in [-0.05, 0) is 52.6 Å². The van der Waals surface area contributed by atoms with Crippen LogP contribution in [0.1, 0.15) is 52.4 Å². The van der Waals surface area contributed by atoms with E-state index in [9.17, 15) is 9.90 Å². The Morgan fingerprint density at radius 1 is 1.11 bits per heavy atom. The number of aliphatic carboxylic acids is 1. The lowest BCUT2D eigenvalue weighted by molar-refractivity contribution is -0.142. The summed E-state index contributed by atoms with van der Waals surface area (Å²) in [5.74, 6) is -0.636. The van der Waals surface area contributed by atoms with Crippen LogP contribution < -0.4 is 0 Å². The lowest BCUT2D eigenvalue weighted by Gasteiger charge is -2.50. The van der Waals surface area contributed by atoms with Crippen molar-refractivity contribution in [2.24, 2.45) is 0 Å². The molecule has 19 heavy (non-hydrogen) atoms. The van der Waals surface area contributed by atoms with Crippen LogP contribution in [0.15, 0.2) is 0 Å². The molecular formula is C15H28N2O2. The van der Waals surface area contributed by atoms with Gasteiger partial charge in [-0.25, -0.2) is 0 Å². The Balaban J connectivity index is 2.06. The average Bonchev–Trinajstić information content (AvgIpc) is 2.39. The maximum Gasteiger partial charge on any atom is 0.305 e. The molecule has 0 radical (unpaired) electrons. The second kappa shape index (κ2) is 6.23. The van der Waals surface area contributed by atoms with E-state index in [4.69, 9.17) is 0 Å². The highest BCUT2D eigenvalue weighted by molar-refractivity contribution is 5.68. The topological polar surface area (TPSA) is 43.8 Å². The molecule has 0 amide bonds. The van der Waals surface area contributed by atoms with Gasteiger partial charge in [0, 0.05) is 24.7 Å². The monoisotopic (exact) mass is 268 g/mol. The van der Waals surface area contributed by atoms with Gasteiger partial charge in [-0.2, -0.15) is 0 Å². The van der Waals surface area contributed by atoms with Crippen LogP contribution in [-0.4, -0.2) is 58.6 Å². The second-order valence-electron chi connectivity index (χ2n) is 6.47. The van der Waals surface area contributed by atoms with Crippen LogP contribution in [0.25, 0.3) is 0 Å². The zero-order valence-corrected chi connectivity index (χ0v) is 12.4. The van der Waals surface area contributed by atoms with Gasteiger partial charge < -0.3 is 10.0 Å². The molecule has 0 bridgehead atoms. The van der Waals surface area contributed by atoms with Gasteiger partial charge in [0.15, 0.2) is 0 Å². The maximum absolute atomic E-state index is 11.3. The first-order valence-corrected chi connectivity index (χ1v) is 7.74. The highest BCUT2D eigenvalue weighted by Crippen LogP contribution is 2.35. The van der Waals surface area contributed by atoms with Gasteiger partial charge in [-0.1, -0.05) is 6.42 Å². The van der Waals surface area contributed by atoms with Crippen LogP contribution in [0.3, 0.4) is 0 Å². The predicted molar refractivity (Wildman–Crippen MR) is 76.4 cm³/mol. The average molecular weight is 268 g/mol. The third-order valence-corrected chi connectivity index (χ3v) is 4.97. The molecule has 0 unspecified atom stereocenters. The molecule has 4 heteroatoms. The Bertz CT molecular complexity index is 303. The number of carboxylic acids is 1. The second-order valence-corrected chi connectivity index (χ2v) is 6.47. The first kappa shape index (κ1) is 14.8. The molecule has 0 saturated carbocycles. The van der Waals surface area contributed by atoms with Crippen LogP contribution in [0, 0.1) is 0 Å². The Hall–Kier alpha value is -0.610. The molecule has 0 spiro atoms. The standard InChI is InChI=1S/C15H28N2O2/c1-13(2)16-10-6-15(7-11-16,12-14(18)19)17-8-4-3-5-9-17/h13H,3-12H2,1-2H3,(H,18,19). The third kappa shape index (κ3) is 3.48. The number of carboxylic acid groups (broad SMARTS) is 1. The molecule has 0 aromatic carbocycles. The normalized spacial score (nSPS) is 25.6. The van der Waals surface area contributed by atoms with Crippen LogP contribution in [0.4, 0.5) is 0 Å². The van der Waals surface area contributed by atoms with E-state index < -0.39 is 5.97 Å². The third-order valence-electron chi connectivity index (χ3n) is 4.97. The van der Waals surface area contributed by atoms with E-state index in [-0.39, 0.29) is 5.54 Å². The van der Waals surface area contributed by atoms with Crippen molar-refractivity contribution < 1.29 is 9.90 Å². The molecule has 2 fully saturated rings. The molecule has 4 nitrogen and oxygen atoms in total. The molecule has 110 valence electrons. The van der Waals surface area contributed by atoms with E-state index in [0.717, 1.165) is 39.0 Å². The molecule has 2 saturated heterocycles. The van der Waals surface area contributed by atoms with E-state index in [1.165, 1.54) is 19.3 Å². The Labute approximate surface area is 116 Å². The van der Waals surface area contributed by atoms with Crippen molar-refractivity contribution in [1.29, 1.82) is 0 Å². The van der Waals surface area contributed by atoms with Crippen molar-refractivity contribution in [3.63, 3.8) is 0 Å². The molecule has 0 aliphatic carbocycles. The summed E-state index contributed by atoms with van der Waals surface area (Å²) in [6.07, 6.45) is 6.11. The predicted octanol–water partition coefficient (Wildman–Crippen LogP) is 2.19. The minimum Gasteiger partial charge on any atom is -0.481 e. The summed E-state index contributed by atoms with van der Waals surface area (Å²) in [7, 11) is 0. The lowest BCUT2D eigenvalue weighted by Crippen LogP contribution is -2.58. The lowest BCUT2D eigenvalue weighted by atomic mass is 9.81. The van der Waals surface area contributed by atoms with Gasteiger partial charge in [0.05, 0.1) is 6.42 Å². The smallest absolute Gasteiger partial charge is 0.305 e. The van der Waals surface area contributed by atoms with Gasteiger partial charge in [-0.15, -0.1) is 0 Å². The van der Waals surface area contributed by atoms with Crippen molar-refractivity contribution in [1.82, 2.24) is 9.80 Å². The molecular weight excluding hydrogens is 240 g/mol. The first-order chi connectivity index (χ1) is 9.03. The number of hydrogen-bond acceptors (Lipinski definition) is 3. The Kier molecular flexibility index (Phi) is 4.85. The van der Waals surface area contributed by atoms with Crippen molar-refractivity contribution >= 4 is 5.97 Å². The van der Waals surface area contributed by atoms with E-state index >= 15 is 0 Å². The summed E-state index contributed by atoms with van der Waals surface area (Å²) in [5, 5.41) is 9.30. The summed E-state index contributed by atoms with van der Waals surface area (Å²) in [6, 6.07) is 0.573. The van der Waals surface area contributed by atoms with Crippen molar-refractivity contribution in [3.05, 3.63) is 0 Å². The van der Waals surface area contributed by atoms with Crippen LogP contribution in [0.2, 0.25) is 0 Å². The van der Waals surface area contributed by atoms with Crippen LogP contribution in [-0.2, 0) is 4.79 Å². The molecule has 2 rings (SSSR count). The van der Waals surface area contributed by atoms with Crippen molar-refractivity contribution in [2.45, 2.75) is 64.0 Å². The van der Waals surface area contributed by atoms with E-state index in [0.29, 0.717) is 12.5 Å². The Morgan fingerprint density at radius 3 is 2.16 bits per heavy atom. The van der Waals surface area contributed by atoms with Crippen LogP contribution >= 0.6 is 0 Å². The molecule has 0 aromatic rings. The molecule has 2 aliphatic heterocycles. The zero-order chi connectivity index (χ0) is 13.9. The fourth-order valence-electron chi connectivity index (χ4n) is 3.71. The molecule has 2 heterocycles. The molecule has 2 aliphatic rings. The molecule has 1 N–H and O–H groups in total. The van der Waals surface area contributed by atoms with E-state index in [1.54, 1.807) is 0 Å². The van der Waals surface area contributed by atoms with Crippen LogP contribution in [0.5, 0.6) is 0 Å². The summed E-state index contributed by atoms with van der Waals surface area (Å²) in [6.45, 7) is 8.73. The van der Waals surface area contributed by atoms with Gasteiger partial charge in [0.2, 0.25) is 0 Å². The minimum atomic E-state index is -0.636. The first-order valence-electron chi connectivity index (χ1n) is 7.74. The van der Waals surface area contributed by atoms with Crippen molar-refractivity contribution in [3.8, 4) is 0 Å². The highest BCUT2D eigenvalue weighted by atomic mass is 16.4. The van der Waals surface area contributed by atoms with E-state index in [1.807, 2.05) is 0 Å². The summed E-state index contributed by atoms with van der Waals surface area (Å²) in [5.41, 5.74) is -0.0718. The molecule has 0 atom stereocenters. The Morgan fingerprint density at radius 2 is 1.68 bits per heavy atom. The number of carbonyl (C=O) groups is 1. The summed E-state index contributed by atoms with van der Waals surface area (Å²) < 4.78 is 0. The molecule has 0 aromatic heterocycles. The fourth-order valence-corrected chi connectivity index (χ4v) is 3.71. The highest BCUT2D eigenvalue weighted by Gasteiger charge is 2.42. The number of rotatable bonds is 4. The SMILES string of the molecule is CC(C)N1CCC(CC(=O)O)(N2CCCCC2)CC1. The maximum atomic E-state index is 11.3. The number of likely N-dealkylation sites (tertiary alicyclic amines) is 2. The number of hydrogen-bond donors (Lipinski definition) is 1. The number of piperidine rings is 2. The zero-order valence-electron chi connectivity index (χ0n) is 12.4. The minimum absolute atomic E-state index is 0.0718. The van der Waals surface area contributed by atoms with Gasteiger partial charge in [0.1, 0.15) is 0 Å². The number of nitrogens with zero attached hydrogens (tertiary/aromatic N) is 2. The van der Waals surface area contributed by atoms with Crippen molar-refractivity contribution in [2.75, 3.05) is 26.2 Å². The summed E-state index contributed by atoms with van der Waals surface area (Å²) >= 11 is 0. The quantitative estimate of drug-likeness (QED) is 0.849.